The summed E-state index contributed by atoms with van der Waals surface area (Å²) in [6.45, 7) is 3.46. The summed E-state index contributed by atoms with van der Waals surface area (Å²) >= 11 is 0. The number of hydrogen-bond donors (Lipinski definition) is 2. The molecule has 1 saturated heterocycles. The standard InChI is InChI=1S/C28H24N8O2/c1-18(32-25-20(16-29)17-31-28(30)34-25)26-33-22-12-7-9-19(8-5-6-13-23(37)35-14-15-35)24(22)27(38)36(26)21-10-3-2-4-11-21/h2-4,7,9-12,17-18H,6,13-15H2,1H3,(H3,30,31,32,34). The zero-order valence-electron chi connectivity index (χ0n) is 20.7. The van der Waals surface area contributed by atoms with Crippen LogP contribution in [-0.4, -0.2) is 43.4 Å². The van der Waals surface area contributed by atoms with Gasteiger partial charge in [-0.25, -0.2) is 9.97 Å². The molecule has 188 valence electrons. The SMILES string of the molecule is CC(Nc1nc(N)ncc1C#N)c1nc2cccc(C#CCCC(=O)N3CC3)c2c(=O)n1-c1ccccc1. The lowest BCUT2D eigenvalue weighted by molar-refractivity contribution is -0.125. The first-order valence-electron chi connectivity index (χ1n) is 12.1. The summed E-state index contributed by atoms with van der Waals surface area (Å²) in [6.07, 6.45) is 2.11. The van der Waals surface area contributed by atoms with Crippen molar-refractivity contribution in [2.24, 2.45) is 0 Å². The van der Waals surface area contributed by atoms with Crippen molar-refractivity contribution in [1.82, 2.24) is 24.4 Å². The second-order valence-corrected chi connectivity index (χ2v) is 8.80. The van der Waals surface area contributed by atoms with Gasteiger partial charge in [-0.15, -0.1) is 0 Å². The molecule has 5 rings (SSSR count). The van der Waals surface area contributed by atoms with Crippen molar-refractivity contribution >= 4 is 28.6 Å². The largest absolute Gasteiger partial charge is 0.368 e. The van der Waals surface area contributed by atoms with E-state index in [1.807, 2.05) is 43.3 Å². The van der Waals surface area contributed by atoms with Gasteiger partial charge in [0.1, 0.15) is 23.3 Å². The van der Waals surface area contributed by atoms with E-state index in [0.717, 1.165) is 13.1 Å². The molecule has 1 aliphatic heterocycles. The fraction of sp³-hybridized carbons (Fsp3) is 0.214. The third-order valence-electron chi connectivity index (χ3n) is 6.09. The molecule has 10 nitrogen and oxygen atoms in total. The summed E-state index contributed by atoms with van der Waals surface area (Å²) in [6, 6.07) is 16.0. The highest BCUT2D eigenvalue weighted by atomic mass is 16.2. The van der Waals surface area contributed by atoms with Crippen LogP contribution in [0.5, 0.6) is 0 Å². The number of nitrogens with two attached hydrogens (primary N) is 1. The Bertz CT molecular complexity index is 1690. The van der Waals surface area contributed by atoms with E-state index in [4.69, 9.17) is 10.7 Å². The summed E-state index contributed by atoms with van der Waals surface area (Å²) in [5.41, 5.74) is 7.34. The van der Waals surface area contributed by atoms with E-state index in [2.05, 4.69) is 27.1 Å². The highest BCUT2D eigenvalue weighted by Gasteiger charge is 2.23. The Morgan fingerprint density at radius 3 is 2.66 bits per heavy atom. The monoisotopic (exact) mass is 504 g/mol. The molecule has 2 aromatic heterocycles. The molecule has 0 radical (unpaired) electrons. The third kappa shape index (κ3) is 5.01. The van der Waals surface area contributed by atoms with E-state index in [1.165, 1.54) is 10.8 Å². The van der Waals surface area contributed by atoms with Crippen molar-refractivity contribution in [2.45, 2.75) is 25.8 Å². The van der Waals surface area contributed by atoms with Crippen LogP contribution < -0.4 is 16.6 Å². The first-order valence-corrected chi connectivity index (χ1v) is 12.1. The number of carbonyl (C=O) groups excluding carboxylic acids is 1. The molecule has 0 bridgehead atoms. The molecule has 0 saturated carbocycles. The second kappa shape index (κ2) is 10.4. The van der Waals surface area contributed by atoms with Crippen LogP contribution in [0.15, 0.2) is 59.5 Å². The predicted octanol–water partition coefficient (Wildman–Crippen LogP) is 2.78. The molecule has 3 N–H and O–H groups in total. The highest BCUT2D eigenvalue weighted by molar-refractivity contribution is 5.85. The number of aromatic nitrogens is 4. The highest BCUT2D eigenvalue weighted by Crippen LogP contribution is 2.24. The summed E-state index contributed by atoms with van der Waals surface area (Å²) in [5, 5.41) is 13.0. The topological polar surface area (TPSA) is 143 Å². The van der Waals surface area contributed by atoms with Gasteiger partial charge in [-0.2, -0.15) is 10.2 Å². The number of rotatable bonds is 6. The number of anilines is 2. The van der Waals surface area contributed by atoms with Crippen LogP contribution in [0.2, 0.25) is 0 Å². The van der Waals surface area contributed by atoms with Crippen molar-refractivity contribution in [2.75, 3.05) is 24.1 Å². The van der Waals surface area contributed by atoms with Crippen molar-refractivity contribution in [1.29, 1.82) is 5.26 Å². The quantitative estimate of drug-likeness (QED) is 0.301. The fourth-order valence-corrected chi connectivity index (χ4v) is 4.11. The van der Waals surface area contributed by atoms with Gasteiger partial charge < -0.3 is 16.0 Å². The van der Waals surface area contributed by atoms with Crippen molar-refractivity contribution < 1.29 is 4.79 Å². The zero-order valence-corrected chi connectivity index (χ0v) is 20.7. The Morgan fingerprint density at radius 2 is 1.92 bits per heavy atom. The van der Waals surface area contributed by atoms with Crippen LogP contribution in [0.4, 0.5) is 11.8 Å². The number of nitriles is 1. The summed E-state index contributed by atoms with van der Waals surface area (Å²) in [7, 11) is 0. The Kier molecular flexibility index (Phi) is 6.70. The molecule has 3 heterocycles. The van der Waals surface area contributed by atoms with Gasteiger partial charge in [-0.05, 0) is 31.2 Å². The number of nitrogens with zero attached hydrogens (tertiary/aromatic N) is 6. The maximum absolute atomic E-state index is 14.0. The maximum Gasteiger partial charge on any atom is 0.267 e. The summed E-state index contributed by atoms with van der Waals surface area (Å²) in [5.74, 6) is 6.90. The van der Waals surface area contributed by atoms with Crippen molar-refractivity contribution in [3.63, 3.8) is 0 Å². The normalized spacial score (nSPS) is 12.8. The minimum Gasteiger partial charge on any atom is -0.368 e. The predicted molar refractivity (Wildman–Crippen MR) is 143 cm³/mol. The van der Waals surface area contributed by atoms with Crippen LogP contribution in [0.25, 0.3) is 16.6 Å². The van der Waals surface area contributed by atoms with Crippen molar-refractivity contribution in [3.05, 3.63) is 82.0 Å². The Morgan fingerprint density at radius 1 is 1.13 bits per heavy atom. The van der Waals surface area contributed by atoms with Crippen LogP contribution in [0.1, 0.15) is 42.8 Å². The smallest absolute Gasteiger partial charge is 0.267 e. The van der Waals surface area contributed by atoms with Crippen LogP contribution in [0.3, 0.4) is 0 Å². The average molecular weight is 505 g/mol. The molecule has 38 heavy (non-hydrogen) atoms. The number of nitrogens with one attached hydrogen (secondary N) is 1. The number of fused-ring (bicyclic) bond motifs is 1. The molecule has 1 atom stereocenters. The van der Waals surface area contributed by atoms with Gasteiger partial charge in [0.2, 0.25) is 11.9 Å². The van der Waals surface area contributed by atoms with Crippen LogP contribution in [0, 0.1) is 23.2 Å². The Balaban J connectivity index is 1.59. The first-order chi connectivity index (χ1) is 18.5. The van der Waals surface area contributed by atoms with Crippen LogP contribution in [-0.2, 0) is 4.79 Å². The number of benzene rings is 2. The molecular weight excluding hydrogens is 480 g/mol. The molecule has 4 aromatic rings. The summed E-state index contributed by atoms with van der Waals surface area (Å²) in [4.78, 5) is 40.6. The molecule has 1 unspecified atom stereocenters. The van der Waals surface area contributed by atoms with Gasteiger partial charge in [0, 0.05) is 31.5 Å². The Labute approximate surface area is 218 Å². The lowest BCUT2D eigenvalue weighted by atomic mass is 10.1. The van der Waals surface area contributed by atoms with E-state index < -0.39 is 6.04 Å². The van der Waals surface area contributed by atoms with Gasteiger partial charge in [0.25, 0.3) is 5.56 Å². The fourth-order valence-electron chi connectivity index (χ4n) is 4.11. The van der Waals surface area contributed by atoms with Gasteiger partial charge in [0.15, 0.2) is 0 Å². The van der Waals surface area contributed by atoms with E-state index in [-0.39, 0.29) is 28.8 Å². The molecule has 1 aliphatic rings. The van der Waals surface area contributed by atoms with Gasteiger partial charge in [-0.1, -0.05) is 36.1 Å². The Hall–Kier alpha value is -5.22. The second-order valence-electron chi connectivity index (χ2n) is 8.80. The van der Waals surface area contributed by atoms with Gasteiger partial charge >= 0.3 is 0 Å². The molecular formula is C28H24N8O2. The minimum atomic E-state index is -0.535. The molecule has 1 amide bonds. The number of nitrogen functional groups attached to an aromatic ring is 1. The van der Waals surface area contributed by atoms with Gasteiger partial charge in [0.05, 0.1) is 28.8 Å². The van der Waals surface area contributed by atoms with Gasteiger partial charge in [-0.3, -0.25) is 14.2 Å². The lowest BCUT2D eigenvalue weighted by Crippen LogP contribution is -2.28. The molecule has 1 fully saturated rings. The maximum atomic E-state index is 14.0. The molecule has 0 spiro atoms. The number of amides is 1. The lowest BCUT2D eigenvalue weighted by Gasteiger charge is -2.20. The van der Waals surface area contributed by atoms with E-state index in [0.29, 0.717) is 40.8 Å². The third-order valence-corrected chi connectivity index (χ3v) is 6.09. The zero-order chi connectivity index (χ0) is 26.6. The first kappa shape index (κ1) is 24.5. The average Bonchev–Trinajstić information content (AvgIpc) is 3.77. The van der Waals surface area contributed by atoms with E-state index >= 15 is 0 Å². The molecule has 2 aromatic carbocycles. The van der Waals surface area contributed by atoms with Crippen molar-refractivity contribution in [3.8, 4) is 23.6 Å². The minimum absolute atomic E-state index is 0.0184. The molecule has 0 aliphatic carbocycles. The molecule has 10 heteroatoms. The van der Waals surface area contributed by atoms with E-state index in [9.17, 15) is 14.9 Å². The summed E-state index contributed by atoms with van der Waals surface area (Å²) < 4.78 is 1.53. The number of hydrogen-bond acceptors (Lipinski definition) is 8. The number of carbonyl (C=O) groups is 1. The van der Waals surface area contributed by atoms with E-state index in [1.54, 1.807) is 23.1 Å². The number of para-hydroxylation sites is 1. The van der Waals surface area contributed by atoms with Crippen LogP contribution >= 0.6 is 0 Å².